The summed E-state index contributed by atoms with van der Waals surface area (Å²) in [7, 11) is 0. The van der Waals surface area contributed by atoms with Crippen molar-refractivity contribution in [2.24, 2.45) is 0 Å². The molecule has 8 aromatic rings. The second-order valence-electron chi connectivity index (χ2n) is 18.0. The van der Waals surface area contributed by atoms with Crippen LogP contribution in [-0.2, 0) is 23.7 Å². The fraction of sp³-hybridized carbons (Fsp3) is 0.214. The van der Waals surface area contributed by atoms with Crippen LogP contribution < -0.4 is 10.1 Å². The number of nitrogens with one attached hydrogen (secondary N) is 1. The van der Waals surface area contributed by atoms with E-state index in [1.165, 1.54) is 10.9 Å². The maximum atomic E-state index is 13.7. The number of hydrogen-bond acceptors (Lipinski definition) is 14. The Balaban J connectivity index is 0.823. The van der Waals surface area contributed by atoms with Gasteiger partial charge in [0.1, 0.15) is 32.0 Å². The summed E-state index contributed by atoms with van der Waals surface area (Å²) in [5.74, 6) is -1.48. The summed E-state index contributed by atoms with van der Waals surface area (Å²) in [5.41, 5.74) is 12.3. The number of aromatic nitrogens is 4. The maximum Gasteiger partial charge on any atom is 0.515 e. The fourth-order valence-corrected chi connectivity index (χ4v) is 10.8. The summed E-state index contributed by atoms with van der Waals surface area (Å²) >= 11 is 0. The van der Waals surface area contributed by atoms with Gasteiger partial charge in [0.2, 0.25) is 5.95 Å². The zero-order valence-corrected chi connectivity index (χ0v) is 38.4. The van der Waals surface area contributed by atoms with E-state index < -0.39 is 49.4 Å². The number of amides is 1. The molecular weight excluding hydrogens is 919 g/mol. The third kappa shape index (κ3) is 7.95. The molecule has 1 aliphatic heterocycles. The summed E-state index contributed by atoms with van der Waals surface area (Å²) in [6.45, 7) is -0.919. The van der Waals surface area contributed by atoms with Crippen molar-refractivity contribution in [3.63, 3.8) is 0 Å². The second kappa shape index (κ2) is 18.7. The van der Waals surface area contributed by atoms with Crippen molar-refractivity contribution in [2.45, 2.75) is 42.1 Å². The number of anilines is 1. The van der Waals surface area contributed by atoms with Crippen molar-refractivity contribution in [1.29, 1.82) is 0 Å². The third-order valence-corrected chi connectivity index (χ3v) is 14.1. The minimum absolute atomic E-state index is 0.00946. The van der Waals surface area contributed by atoms with Gasteiger partial charge in [0, 0.05) is 17.8 Å². The van der Waals surface area contributed by atoms with E-state index in [0.717, 1.165) is 66.8 Å². The molecule has 1 saturated heterocycles. The first-order valence-corrected chi connectivity index (χ1v) is 23.6. The zero-order valence-electron chi connectivity index (χ0n) is 38.4. The molecule has 2 aromatic heterocycles. The van der Waals surface area contributed by atoms with Crippen LogP contribution in [0.15, 0.2) is 152 Å². The van der Waals surface area contributed by atoms with E-state index in [1.54, 1.807) is 0 Å². The van der Waals surface area contributed by atoms with Crippen LogP contribution in [0.2, 0.25) is 0 Å². The summed E-state index contributed by atoms with van der Waals surface area (Å²) in [6.07, 6.45) is -5.80. The van der Waals surface area contributed by atoms with Gasteiger partial charge in [-0.1, -0.05) is 146 Å². The van der Waals surface area contributed by atoms with Gasteiger partial charge in [0.15, 0.2) is 17.3 Å². The Kier molecular flexibility index (Phi) is 11.6. The number of hydrogen-bond donors (Lipinski definition) is 3. The molecule has 4 atom stereocenters. The Morgan fingerprint density at radius 3 is 1.49 bits per heavy atom. The van der Waals surface area contributed by atoms with E-state index >= 15 is 0 Å². The lowest BCUT2D eigenvalue weighted by Gasteiger charge is -2.39. The quantitative estimate of drug-likeness (QED) is 0.0818. The number of aliphatic hydroxyl groups is 2. The number of carbonyl (C=O) groups excluding carboxylic acids is 3. The van der Waals surface area contributed by atoms with Crippen LogP contribution in [0.1, 0.15) is 57.2 Å². The standard InChI is InChI=1S/C56H45N5O11/c62-25-47-49(63)50(71-55(65)69-27-44-39-21-9-3-15-33(39)34-16-4-10-22-40(34)44)46(29-67-47)61-30-57-48-51(61)58-53(60-54(64)68-26-43-37-19-7-1-13-31(37)32-14-2-8-20-38(32)43)59-52(48)72-56(66)70-28-45-41-23-11-5-17-35(41)36-18-6-12-24-42(36)45/h1-24,30,43-47,49-50,62-63H,25-29H2,(H,58,59,60,64)/t46-,47-,49-,50+/m1/s1. The normalized spacial score (nSPS) is 18.5. The number of nitrogens with zero attached hydrogens (tertiary/aromatic N) is 4. The zero-order chi connectivity index (χ0) is 48.9. The average Bonchev–Trinajstić information content (AvgIpc) is 4.16. The summed E-state index contributed by atoms with van der Waals surface area (Å²) in [5, 5.41) is 24.4. The Bertz CT molecular complexity index is 3280. The molecule has 3 heterocycles. The highest BCUT2D eigenvalue weighted by molar-refractivity contribution is 5.87. The average molecular weight is 964 g/mol. The molecule has 3 aliphatic carbocycles. The molecule has 0 bridgehead atoms. The van der Waals surface area contributed by atoms with E-state index in [9.17, 15) is 24.6 Å². The molecule has 1 amide bonds. The second-order valence-corrected chi connectivity index (χ2v) is 18.0. The monoisotopic (exact) mass is 963 g/mol. The highest BCUT2D eigenvalue weighted by Gasteiger charge is 2.45. The molecule has 3 N–H and O–H groups in total. The number of carbonyl (C=O) groups is 3. The van der Waals surface area contributed by atoms with Crippen molar-refractivity contribution in [1.82, 2.24) is 19.5 Å². The molecule has 16 nitrogen and oxygen atoms in total. The molecule has 0 unspecified atom stereocenters. The number of fused-ring (bicyclic) bond motifs is 10. The molecule has 0 spiro atoms. The van der Waals surface area contributed by atoms with Crippen molar-refractivity contribution >= 4 is 35.5 Å². The number of aliphatic hydroxyl groups excluding tert-OH is 2. The van der Waals surface area contributed by atoms with Gasteiger partial charge in [-0.15, -0.1) is 0 Å². The largest absolute Gasteiger partial charge is 0.515 e. The topological polar surface area (TPSA) is 203 Å². The molecular formula is C56H45N5O11. The van der Waals surface area contributed by atoms with Crippen LogP contribution >= 0.6 is 0 Å². The highest BCUT2D eigenvalue weighted by Crippen LogP contribution is 2.47. The first-order chi connectivity index (χ1) is 35.3. The number of imidazole rings is 1. The number of benzene rings is 6. The molecule has 6 aromatic carbocycles. The minimum Gasteiger partial charge on any atom is -0.448 e. The van der Waals surface area contributed by atoms with Crippen molar-refractivity contribution in [3.8, 4) is 39.3 Å². The third-order valence-electron chi connectivity index (χ3n) is 14.1. The maximum absolute atomic E-state index is 13.7. The van der Waals surface area contributed by atoms with E-state index in [1.807, 2.05) is 146 Å². The fourth-order valence-electron chi connectivity index (χ4n) is 10.8. The molecule has 16 heteroatoms. The summed E-state index contributed by atoms with van der Waals surface area (Å²) in [6, 6.07) is 46.5. The van der Waals surface area contributed by atoms with Crippen LogP contribution in [0.3, 0.4) is 0 Å². The lowest BCUT2D eigenvalue weighted by Crippen LogP contribution is -2.53. The van der Waals surface area contributed by atoms with Crippen molar-refractivity contribution < 1.29 is 53.0 Å². The Morgan fingerprint density at radius 1 is 0.597 bits per heavy atom. The van der Waals surface area contributed by atoms with Gasteiger partial charge in [-0.25, -0.2) is 19.4 Å². The van der Waals surface area contributed by atoms with Gasteiger partial charge < -0.3 is 43.2 Å². The van der Waals surface area contributed by atoms with Crippen LogP contribution in [-0.4, -0.2) is 99.5 Å². The smallest absolute Gasteiger partial charge is 0.448 e. The number of ether oxygens (including phenoxy) is 6. The Labute approximate surface area is 411 Å². The van der Waals surface area contributed by atoms with Crippen LogP contribution in [0.25, 0.3) is 44.5 Å². The molecule has 0 radical (unpaired) electrons. The van der Waals surface area contributed by atoms with Gasteiger partial charge in [0.05, 0.1) is 25.6 Å². The predicted molar refractivity (Wildman–Crippen MR) is 262 cm³/mol. The van der Waals surface area contributed by atoms with Crippen LogP contribution in [0.5, 0.6) is 5.88 Å². The van der Waals surface area contributed by atoms with Gasteiger partial charge in [-0.3, -0.25) is 5.32 Å². The molecule has 72 heavy (non-hydrogen) atoms. The summed E-state index contributed by atoms with van der Waals surface area (Å²) in [4.78, 5) is 54.7. The van der Waals surface area contributed by atoms with E-state index in [4.69, 9.17) is 28.4 Å². The summed E-state index contributed by atoms with van der Waals surface area (Å²) < 4.78 is 36.4. The van der Waals surface area contributed by atoms with Gasteiger partial charge >= 0.3 is 18.4 Å². The van der Waals surface area contributed by atoms with Crippen LogP contribution in [0, 0.1) is 0 Å². The number of rotatable bonds is 11. The molecule has 0 saturated carbocycles. The first-order valence-electron chi connectivity index (χ1n) is 23.6. The first kappa shape index (κ1) is 44.7. The molecule has 1 fully saturated rings. The molecule has 12 rings (SSSR count). The molecule has 4 aliphatic rings. The lowest BCUT2D eigenvalue weighted by molar-refractivity contribution is -0.175. The van der Waals surface area contributed by atoms with Crippen molar-refractivity contribution in [3.05, 3.63) is 185 Å². The predicted octanol–water partition coefficient (Wildman–Crippen LogP) is 9.14. The van der Waals surface area contributed by atoms with Crippen molar-refractivity contribution in [2.75, 3.05) is 38.4 Å². The van der Waals surface area contributed by atoms with E-state index in [2.05, 4.69) is 20.3 Å². The Hall–Kier alpha value is -8.44. The Morgan fingerprint density at radius 2 is 1.03 bits per heavy atom. The minimum atomic E-state index is -1.55. The highest BCUT2D eigenvalue weighted by atomic mass is 16.7. The van der Waals surface area contributed by atoms with Gasteiger partial charge in [0.25, 0.3) is 5.88 Å². The van der Waals surface area contributed by atoms with E-state index in [-0.39, 0.29) is 67.2 Å². The van der Waals surface area contributed by atoms with Gasteiger partial charge in [-0.2, -0.15) is 9.97 Å². The van der Waals surface area contributed by atoms with E-state index in [0.29, 0.717) is 0 Å². The van der Waals surface area contributed by atoms with Crippen LogP contribution in [0.4, 0.5) is 20.3 Å². The molecule has 360 valence electrons. The SMILES string of the molecule is O=C(Nc1nc(OC(=O)OCC2c3ccccc3-c3ccccc32)c2ncn([C@@H]3CO[C@H](CO)[C@@H](O)[C@H]3OC(=O)OCC3c4ccccc4-c4ccccc43)c2n1)OCC1c2ccccc2-c2ccccc21. The lowest BCUT2D eigenvalue weighted by atomic mass is 9.98. The van der Waals surface area contributed by atoms with Gasteiger partial charge in [-0.05, 0) is 66.8 Å².